The lowest BCUT2D eigenvalue weighted by Gasteiger charge is -2.25. The summed E-state index contributed by atoms with van der Waals surface area (Å²) < 4.78 is 5.79. The fraction of sp³-hybridized carbons (Fsp3) is 0.318. The first-order chi connectivity index (χ1) is 13.8. The average molecular weight is 374 g/mol. The first-order valence-electron chi connectivity index (χ1n) is 9.81. The van der Waals surface area contributed by atoms with Crippen molar-refractivity contribution in [3.8, 4) is 5.75 Å². The molecule has 0 spiro atoms. The highest BCUT2D eigenvalue weighted by Gasteiger charge is 2.28. The van der Waals surface area contributed by atoms with E-state index < -0.39 is 0 Å². The van der Waals surface area contributed by atoms with Crippen LogP contribution in [0.15, 0.2) is 48.5 Å². The number of fused-ring (bicyclic) bond motifs is 2. The molecule has 0 radical (unpaired) electrons. The van der Waals surface area contributed by atoms with Crippen molar-refractivity contribution >= 4 is 28.6 Å². The smallest absolute Gasteiger partial charge is 0.232 e. The van der Waals surface area contributed by atoms with Gasteiger partial charge in [0.15, 0.2) is 11.6 Å². The molecule has 1 unspecified atom stereocenters. The van der Waals surface area contributed by atoms with E-state index in [0.717, 1.165) is 54.1 Å². The van der Waals surface area contributed by atoms with E-state index in [2.05, 4.69) is 10.2 Å². The number of rotatable bonds is 3. The maximum Gasteiger partial charge on any atom is 0.232 e. The Kier molecular flexibility index (Phi) is 4.31. The standard InChI is InChI=1S/C22H22N4O2/c27-22(16-13-15-7-1-4-10-19(15)28-14-16)25-20-21(26-11-5-6-12-26)24-18-9-3-2-8-17(18)23-20/h1-4,7-10,16H,5-6,11-14H2,(H,23,25,27). The third-order valence-corrected chi connectivity index (χ3v) is 5.45. The first kappa shape index (κ1) is 17.0. The van der Waals surface area contributed by atoms with E-state index in [1.807, 2.05) is 48.5 Å². The van der Waals surface area contributed by atoms with E-state index in [9.17, 15) is 4.79 Å². The van der Waals surface area contributed by atoms with Crippen LogP contribution < -0.4 is 15.0 Å². The molecule has 1 fully saturated rings. The molecule has 1 atom stereocenters. The van der Waals surface area contributed by atoms with Gasteiger partial charge in [-0.15, -0.1) is 0 Å². The molecule has 5 rings (SSSR count). The van der Waals surface area contributed by atoms with Crippen LogP contribution in [-0.2, 0) is 11.2 Å². The zero-order valence-electron chi connectivity index (χ0n) is 15.6. The predicted molar refractivity (Wildman–Crippen MR) is 109 cm³/mol. The lowest BCUT2D eigenvalue weighted by atomic mass is 9.96. The lowest BCUT2D eigenvalue weighted by Crippen LogP contribution is -2.33. The molecular weight excluding hydrogens is 352 g/mol. The molecule has 0 aliphatic carbocycles. The maximum atomic E-state index is 13.0. The minimum absolute atomic E-state index is 0.0699. The Labute approximate surface area is 163 Å². The molecule has 142 valence electrons. The van der Waals surface area contributed by atoms with Crippen molar-refractivity contribution in [1.29, 1.82) is 0 Å². The number of nitrogens with one attached hydrogen (secondary N) is 1. The Morgan fingerprint density at radius 2 is 1.71 bits per heavy atom. The van der Waals surface area contributed by atoms with E-state index in [1.54, 1.807) is 0 Å². The van der Waals surface area contributed by atoms with Gasteiger partial charge in [0.05, 0.1) is 17.0 Å². The Morgan fingerprint density at radius 3 is 2.54 bits per heavy atom. The number of benzene rings is 2. The number of carbonyl (C=O) groups excluding carboxylic acids is 1. The number of para-hydroxylation sites is 3. The van der Waals surface area contributed by atoms with E-state index in [0.29, 0.717) is 18.8 Å². The largest absolute Gasteiger partial charge is 0.492 e. The second-order valence-electron chi connectivity index (χ2n) is 7.39. The summed E-state index contributed by atoms with van der Waals surface area (Å²) in [6.07, 6.45) is 2.94. The van der Waals surface area contributed by atoms with Gasteiger partial charge in [-0.25, -0.2) is 9.97 Å². The van der Waals surface area contributed by atoms with Crippen LogP contribution >= 0.6 is 0 Å². The molecule has 28 heavy (non-hydrogen) atoms. The molecule has 6 heteroatoms. The molecule has 1 aromatic heterocycles. The zero-order chi connectivity index (χ0) is 18.9. The van der Waals surface area contributed by atoms with Crippen molar-refractivity contribution in [1.82, 2.24) is 9.97 Å². The van der Waals surface area contributed by atoms with Crippen LogP contribution in [0.1, 0.15) is 18.4 Å². The predicted octanol–water partition coefficient (Wildman–Crippen LogP) is 3.42. The SMILES string of the molecule is O=C(Nc1nc2ccccc2nc1N1CCCC1)C1COc2ccccc2C1. The summed E-state index contributed by atoms with van der Waals surface area (Å²) in [7, 11) is 0. The number of ether oxygens (including phenoxy) is 1. The van der Waals surface area contributed by atoms with Crippen molar-refractivity contribution < 1.29 is 9.53 Å². The summed E-state index contributed by atoms with van der Waals surface area (Å²) in [4.78, 5) is 24.7. The summed E-state index contributed by atoms with van der Waals surface area (Å²) in [5, 5.41) is 3.05. The van der Waals surface area contributed by atoms with Gasteiger partial charge in [-0.2, -0.15) is 0 Å². The number of nitrogens with zero attached hydrogens (tertiary/aromatic N) is 3. The van der Waals surface area contributed by atoms with Crippen molar-refractivity contribution in [2.75, 3.05) is 29.9 Å². The summed E-state index contributed by atoms with van der Waals surface area (Å²) in [5.41, 5.74) is 2.70. The molecular formula is C22H22N4O2. The van der Waals surface area contributed by atoms with Crippen molar-refractivity contribution in [3.05, 3.63) is 54.1 Å². The van der Waals surface area contributed by atoms with Gasteiger partial charge < -0.3 is 15.0 Å². The minimum atomic E-state index is -0.241. The summed E-state index contributed by atoms with van der Waals surface area (Å²) in [6.45, 7) is 2.26. The van der Waals surface area contributed by atoms with E-state index in [1.165, 1.54) is 0 Å². The molecule has 3 heterocycles. The highest BCUT2D eigenvalue weighted by atomic mass is 16.5. The van der Waals surface area contributed by atoms with Crippen LogP contribution in [-0.4, -0.2) is 35.6 Å². The molecule has 1 N–H and O–H groups in total. The highest BCUT2D eigenvalue weighted by Crippen LogP contribution is 2.30. The van der Waals surface area contributed by atoms with Gasteiger partial charge in [-0.05, 0) is 43.0 Å². The average Bonchev–Trinajstić information content (AvgIpc) is 3.27. The van der Waals surface area contributed by atoms with E-state index in [4.69, 9.17) is 14.7 Å². The molecule has 0 saturated carbocycles. The Balaban J connectivity index is 1.44. The van der Waals surface area contributed by atoms with Crippen LogP contribution in [0.5, 0.6) is 5.75 Å². The lowest BCUT2D eigenvalue weighted by molar-refractivity contribution is -0.121. The van der Waals surface area contributed by atoms with Gasteiger partial charge >= 0.3 is 0 Å². The van der Waals surface area contributed by atoms with Gasteiger partial charge in [-0.1, -0.05) is 30.3 Å². The monoisotopic (exact) mass is 374 g/mol. The summed E-state index contributed by atoms with van der Waals surface area (Å²) in [6, 6.07) is 15.7. The van der Waals surface area contributed by atoms with Crippen LogP contribution in [0.25, 0.3) is 11.0 Å². The number of amides is 1. The van der Waals surface area contributed by atoms with E-state index in [-0.39, 0.29) is 11.8 Å². The number of anilines is 2. The van der Waals surface area contributed by atoms with Crippen LogP contribution in [0.4, 0.5) is 11.6 Å². The molecule has 2 aliphatic heterocycles. The van der Waals surface area contributed by atoms with Gasteiger partial charge in [0.2, 0.25) is 5.91 Å². The van der Waals surface area contributed by atoms with Crippen LogP contribution in [0.2, 0.25) is 0 Å². The van der Waals surface area contributed by atoms with E-state index >= 15 is 0 Å². The van der Waals surface area contributed by atoms with Gasteiger partial charge in [-0.3, -0.25) is 4.79 Å². The summed E-state index contributed by atoms with van der Waals surface area (Å²) in [5.74, 6) is 1.87. The van der Waals surface area contributed by atoms with Crippen molar-refractivity contribution in [2.45, 2.75) is 19.3 Å². The number of aromatic nitrogens is 2. The second-order valence-corrected chi connectivity index (χ2v) is 7.39. The van der Waals surface area contributed by atoms with Crippen molar-refractivity contribution in [3.63, 3.8) is 0 Å². The van der Waals surface area contributed by atoms with Crippen LogP contribution in [0, 0.1) is 5.92 Å². The first-order valence-corrected chi connectivity index (χ1v) is 9.81. The molecule has 6 nitrogen and oxygen atoms in total. The third-order valence-electron chi connectivity index (χ3n) is 5.45. The molecule has 2 aromatic carbocycles. The Bertz CT molecular complexity index is 1030. The molecule has 2 aliphatic rings. The quantitative estimate of drug-likeness (QED) is 0.761. The van der Waals surface area contributed by atoms with Gasteiger partial charge in [0, 0.05) is 13.1 Å². The maximum absolute atomic E-state index is 13.0. The number of hydrogen-bond donors (Lipinski definition) is 1. The number of hydrogen-bond acceptors (Lipinski definition) is 5. The second kappa shape index (κ2) is 7.11. The van der Waals surface area contributed by atoms with Gasteiger partial charge in [0.25, 0.3) is 0 Å². The fourth-order valence-electron chi connectivity index (χ4n) is 3.94. The van der Waals surface area contributed by atoms with Gasteiger partial charge in [0.1, 0.15) is 12.4 Å². The Hall–Kier alpha value is -3.15. The normalized spacial score (nSPS) is 18.6. The third kappa shape index (κ3) is 3.15. The van der Waals surface area contributed by atoms with Crippen LogP contribution in [0.3, 0.4) is 0 Å². The molecule has 3 aromatic rings. The topological polar surface area (TPSA) is 67.4 Å². The summed E-state index contributed by atoms with van der Waals surface area (Å²) >= 11 is 0. The minimum Gasteiger partial charge on any atom is -0.492 e. The molecule has 1 saturated heterocycles. The molecule has 0 bridgehead atoms. The van der Waals surface area contributed by atoms with Crippen molar-refractivity contribution in [2.24, 2.45) is 5.92 Å². The fourth-order valence-corrected chi connectivity index (χ4v) is 3.94. The Morgan fingerprint density at radius 1 is 1.00 bits per heavy atom. The zero-order valence-corrected chi connectivity index (χ0v) is 15.6. The number of carbonyl (C=O) groups is 1. The highest BCUT2D eigenvalue weighted by molar-refractivity contribution is 5.96. The molecule has 1 amide bonds.